The third-order valence-corrected chi connectivity index (χ3v) is 18.4. The first-order valence-corrected chi connectivity index (χ1v) is 22.6. The van der Waals surface area contributed by atoms with Gasteiger partial charge in [-0.05, 0) is 90.1 Å². The molecule has 1 aliphatic carbocycles. The zero-order valence-electron chi connectivity index (χ0n) is 18.6. The van der Waals surface area contributed by atoms with Gasteiger partial charge in [-0.2, -0.15) is 0 Å². The minimum Gasteiger partial charge on any atom is -0.437 e. The molecule has 0 aromatic rings. The van der Waals surface area contributed by atoms with E-state index < -0.39 is 33.8 Å². The van der Waals surface area contributed by atoms with E-state index in [2.05, 4.69) is 58.9 Å². The average molecular weight is 499 g/mol. The van der Waals surface area contributed by atoms with Gasteiger partial charge in [0.15, 0.2) is 16.6 Å². The monoisotopic (exact) mass is 498 g/mol. The SMILES string of the molecule is C.C.C.C.C[Si](C)(C)O[Si](C)(C)O[Si](C)(CCCC1CCC2OC2C1)O[Si](C)(C)C. The van der Waals surface area contributed by atoms with Crippen LogP contribution in [0, 0.1) is 5.92 Å². The van der Waals surface area contributed by atoms with Gasteiger partial charge in [0.2, 0.25) is 0 Å². The van der Waals surface area contributed by atoms with Gasteiger partial charge in [0, 0.05) is 0 Å². The highest BCUT2D eigenvalue weighted by atomic mass is 28.5. The summed E-state index contributed by atoms with van der Waals surface area (Å²) in [7, 11) is -7.65. The van der Waals surface area contributed by atoms with Crippen molar-refractivity contribution < 1.29 is 17.1 Å². The molecule has 0 N–H and O–H groups in total. The van der Waals surface area contributed by atoms with Crippen molar-refractivity contribution in [2.24, 2.45) is 5.92 Å². The summed E-state index contributed by atoms with van der Waals surface area (Å²) < 4.78 is 25.6. The maximum absolute atomic E-state index is 6.77. The van der Waals surface area contributed by atoms with E-state index in [4.69, 9.17) is 17.1 Å². The van der Waals surface area contributed by atoms with Gasteiger partial charge in [-0.1, -0.05) is 42.5 Å². The molecule has 2 rings (SSSR count). The summed E-state index contributed by atoms with van der Waals surface area (Å²) >= 11 is 0. The molecule has 4 unspecified atom stereocenters. The van der Waals surface area contributed by atoms with Crippen LogP contribution in [0.25, 0.3) is 0 Å². The number of ether oxygens (including phenoxy) is 1. The molecule has 2 fully saturated rings. The molecule has 0 aromatic heterocycles. The summed E-state index contributed by atoms with van der Waals surface area (Å²) in [5.74, 6) is 0.840. The Hall–Kier alpha value is 0.708. The van der Waals surface area contributed by atoms with E-state index in [9.17, 15) is 0 Å². The molecule has 0 amide bonds. The number of fused-ring (bicyclic) bond motifs is 1. The molecule has 8 heteroatoms. The molecule has 0 bridgehead atoms. The van der Waals surface area contributed by atoms with E-state index in [0.29, 0.717) is 12.2 Å². The van der Waals surface area contributed by atoms with Crippen molar-refractivity contribution in [3.63, 3.8) is 0 Å². The summed E-state index contributed by atoms with van der Waals surface area (Å²) in [4.78, 5) is 0. The Balaban J connectivity index is -0.00000182. The predicted octanol–water partition coefficient (Wildman–Crippen LogP) is 8.37. The molecular formula is C22H58O4Si4. The maximum Gasteiger partial charge on any atom is 0.315 e. The van der Waals surface area contributed by atoms with Crippen LogP contribution >= 0.6 is 0 Å². The molecule has 4 nitrogen and oxygen atoms in total. The number of rotatable bonds is 10. The highest BCUT2D eigenvalue weighted by Gasteiger charge is 2.46. The summed E-state index contributed by atoms with van der Waals surface area (Å²) in [5.41, 5.74) is 0. The van der Waals surface area contributed by atoms with Crippen LogP contribution < -0.4 is 0 Å². The fourth-order valence-corrected chi connectivity index (χ4v) is 22.5. The molecule has 1 aliphatic heterocycles. The van der Waals surface area contributed by atoms with Crippen LogP contribution in [0.3, 0.4) is 0 Å². The van der Waals surface area contributed by atoms with Crippen LogP contribution in [0.15, 0.2) is 0 Å². The van der Waals surface area contributed by atoms with E-state index in [1.54, 1.807) is 0 Å². The lowest BCUT2D eigenvalue weighted by molar-refractivity contribution is 0.315. The van der Waals surface area contributed by atoms with Gasteiger partial charge in [0.25, 0.3) is 0 Å². The molecule has 0 radical (unpaired) electrons. The van der Waals surface area contributed by atoms with Gasteiger partial charge in [-0.25, -0.2) is 0 Å². The Morgan fingerprint density at radius 1 is 0.700 bits per heavy atom. The molecule has 0 spiro atoms. The lowest BCUT2D eigenvalue weighted by atomic mass is 9.86. The van der Waals surface area contributed by atoms with Crippen molar-refractivity contribution in [1.29, 1.82) is 0 Å². The van der Waals surface area contributed by atoms with E-state index in [-0.39, 0.29) is 29.7 Å². The van der Waals surface area contributed by atoms with E-state index in [0.717, 1.165) is 12.0 Å². The second-order valence-electron chi connectivity index (χ2n) is 10.8. The number of hydrogen-bond acceptors (Lipinski definition) is 4. The third-order valence-electron chi connectivity index (χ3n) is 4.89. The number of epoxide rings is 1. The topological polar surface area (TPSA) is 40.2 Å². The second-order valence-corrected chi connectivity index (χ2v) is 27.3. The molecule has 1 heterocycles. The Morgan fingerprint density at radius 3 is 1.70 bits per heavy atom. The molecule has 0 aromatic carbocycles. The largest absolute Gasteiger partial charge is 0.437 e. The summed E-state index contributed by atoms with van der Waals surface area (Å²) in [5, 5.41) is 0. The zero-order chi connectivity index (χ0) is 19.8. The Kier molecular flexibility index (Phi) is 15.1. The van der Waals surface area contributed by atoms with Gasteiger partial charge in [-0.3, -0.25) is 0 Å². The zero-order valence-corrected chi connectivity index (χ0v) is 22.6. The van der Waals surface area contributed by atoms with Crippen LogP contribution in [0.1, 0.15) is 61.8 Å². The Bertz CT molecular complexity index is 477. The summed E-state index contributed by atoms with van der Waals surface area (Å²) in [6, 6.07) is 1.09. The van der Waals surface area contributed by atoms with E-state index in [1.165, 1.54) is 32.1 Å². The fraction of sp³-hybridized carbons (Fsp3) is 1.00. The first kappa shape index (κ1) is 35.3. The van der Waals surface area contributed by atoms with E-state index >= 15 is 0 Å². The van der Waals surface area contributed by atoms with Crippen molar-refractivity contribution in [2.45, 2.75) is 139 Å². The van der Waals surface area contributed by atoms with Crippen molar-refractivity contribution in [3.05, 3.63) is 0 Å². The van der Waals surface area contributed by atoms with Crippen LogP contribution in [-0.4, -0.2) is 46.0 Å². The molecule has 4 atom stereocenters. The standard InChI is InChI=1S/C18H42O4Si4.4CH4/c1-23(2,3)20-25(7,8)22-26(9,21-24(4,5)6)14-10-11-16-12-13-17-18(15-16)19-17;;;;/h16-18H,10-15H2,1-9H3;4*1H4. The fourth-order valence-electron chi connectivity index (χ4n) is 4.51. The van der Waals surface area contributed by atoms with Gasteiger partial charge in [-0.15, -0.1) is 0 Å². The minimum atomic E-state index is -2.22. The Morgan fingerprint density at radius 2 is 1.23 bits per heavy atom. The minimum absolute atomic E-state index is 0. The molecule has 30 heavy (non-hydrogen) atoms. The van der Waals surface area contributed by atoms with Crippen LogP contribution in [-0.2, 0) is 17.1 Å². The highest BCUT2D eigenvalue weighted by Crippen LogP contribution is 2.41. The smallest absolute Gasteiger partial charge is 0.315 e. The van der Waals surface area contributed by atoms with Gasteiger partial charge >= 0.3 is 17.1 Å². The summed E-state index contributed by atoms with van der Waals surface area (Å²) in [6.07, 6.45) is 7.59. The third kappa shape index (κ3) is 13.3. The first-order valence-electron chi connectivity index (χ1n) is 10.4. The quantitative estimate of drug-likeness (QED) is 0.224. The molecular weight excluding hydrogens is 441 g/mol. The van der Waals surface area contributed by atoms with Crippen molar-refractivity contribution in [1.82, 2.24) is 0 Å². The molecule has 1 saturated carbocycles. The number of hydrogen-bond donors (Lipinski definition) is 0. The van der Waals surface area contributed by atoms with Crippen LogP contribution in [0.5, 0.6) is 0 Å². The maximum atomic E-state index is 6.77. The van der Waals surface area contributed by atoms with Crippen molar-refractivity contribution in [3.8, 4) is 0 Å². The lowest BCUT2D eigenvalue weighted by Gasteiger charge is -2.41. The Labute approximate surface area is 195 Å². The van der Waals surface area contributed by atoms with E-state index in [1.807, 2.05) is 0 Å². The van der Waals surface area contributed by atoms with Crippen LogP contribution in [0.2, 0.25) is 65.0 Å². The average Bonchev–Trinajstić information content (AvgIpc) is 3.10. The van der Waals surface area contributed by atoms with Gasteiger partial charge in [0.05, 0.1) is 12.2 Å². The molecule has 186 valence electrons. The van der Waals surface area contributed by atoms with Crippen molar-refractivity contribution >= 4 is 33.8 Å². The second kappa shape index (κ2) is 12.8. The van der Waals surface area contributed by atoms with Gasteiger partial charge < -0.3 is 17.1 Å². The summed E-state index contributed by atoms with van der Waals surface area (Å²) in [6.45, 7) is 20.3. The lowest BCUT2D eigenvalue weighted by Crippen LogP contribution is -2.56. The van der Waals surface area contributed by atoms with Crippen molar-refractivity contribution in [2.75, 3.05) is 0 Å². The normalized spacial score (nSPS) is 25.3. The first-order chi connectivity index (χ1) is 11.7. The highest BCUT2D eigenvalue weighted by molar-refractivity contribution is 6.89. The molecule has 1 saturated heterocycles. The van der Waals surface area contributed by atoms with Crippen LogP contribution in [0.4, 0.5) is 0 Å². The van der Waals surface area contributed by atoms with Gasteiger partial charge in [0.1, 0.15) is 0 Å². The molecule has 2 aliphatic rings. The predicted molar refractivity (Wildman–Crippen MR) is 146 cm³/mol.